The Kier molecular flexibility index (Phi) is 2.88. The number of aromatic nitrogens is 3. The first-order valence-corrected chi connectivity index (χ1v) is 9.04. The highest BCUT2D eigenvalue weighted by Crippen LogP contribution is 2.31. The van der Waals surface area contributed by atoms with E-state index in [9.17, 15) is 0 Å². The summed E-state index contributed by atoms with van der Waals surface area (Å²) in [5, 5.41) is 3.49. The van der Waals surface area contributed by atoms with Crippen LogP contribution in [-0.2, 0) is 0 Å². The first-order valence-electron chi connectivity index (χ1n) is 9.04. The molecule has 6 rings (SSSR count). The van der Waals surface area contributed by atoms with Gasteiger partial charge in [-0.05, 0) is 41.1 Å². The van der Waals surface area contributed by atoms with Crippen molar-refractivity contribution in [2.24, 2.45) is 0 Å². The molecular formula is C24H15N3. The minimum atomic E-state index is 0.894. The molecule has 0 aliphatic carbocycles. The van der Waals surface area contributed by atoms with Gasteiger partial charge in [-0.2, -0.15) is 0 Å². The molecular weight excluding hydrogens is 330 g/mol. The van der Waals surface area contributed by atoms with E-state index in [0.717, 1.165) is 38.8 Å². The summed E-state index contributed by atoms with van der Waals surface area (Å²) in [5.74, 6) is 0. The second-order valence-electron chi connectivity index (χ2n) is 6.77. The highest BCUT2D eigenvalue weighted by atomic mass is 15.1. The quantitative estimate of drug-likeness (QED) is 0.348. The van der Waals surface area contributed by atoms with Gasteiger partial charge in [-0.15, -0.1) is 0 Å². The van der Waals surface area contributed by atoms with E-state index in [0.29, 0.717) is 0 Å². The summed E-state index contributed by atoms with van der Waals surface area (Å²) in [5.41, 5.74) is 5.90. The molecule has 2 heterocycles. The molecule has 4 aromatic carbocycles. The minimum Gasteiger partial charge on any atom is -0.293 e. The predicted octanol–water partition coefficient (Wildman–Crippen LogP) is 5.88. The van der Waals surface area contributed by atoms with E-state index in [1.54, 1.807) is 0 Å². The Bertz CT molecular complexity index is 1460. The van der Waals surface area contributed by atoms with Crippen LogP contribution < -0.4 is 0 Å². The van der Waals surface area contributed by atoms with Crippen LogP contribution >= 0.6 is 0 Å². The SMILES string of the molecule is c1ccc(-n2c3ccccc3c3nc4cc5ccccc5cc4nc32)cc1. The van der Waals surface area contributed by atoms with Gasteiger partial charge in [0.25, 0.3) is 0 Å². The first kappa shape index (κ1) is 14.4. The Morgan fingerprint density at radius 1 is 0.593 bits per heavy atom. The molecule has 0 radical (unpaired) electrons. The van der Waals surface area contributed by atoms with Crippen LogP contribution in [0.2, 0.25) is 0 Å². The Labute approximate surface area is 155 Å². The molecule has 0 fully saturated rings. The highest BCUT2D eigenvalue weighted by Gasteiger charge is 2.15. The molecule has 27 heavy (non-hydrogen) atoms. The van der Waals surface area contributed by atoms with E-state index in [4.69, 9.17) is 9.97 Å². The normalized spacial score (nSPS) is 11.7. The summed E-state index contributed by atoms with van der Waals surface area (Å²) in [7, 11) is 0. The van der Waals surface area contributed by atoms with Gasteiger partial charge < -0.3 is 0 Å². The van der Waals surface area contributed by atoms with Gasteiger partial charge in [0, 0.05) is 11.1 Å². The highest BCUT2D eigenvalue weighted by molar-refractivity contribution is 6.08. The molecule has 6 aromatic rings. The van der Waals surface area contributed by atoms with Gasteiger partial charge in [0.2, 0.25) is 0 Å². The van der Waals surface area contributed by atoms with Crippen LogP contribution in [0.5, 0.6) is 0 Å². The van der Waals surface area contributed by atoms with Gasteiger partial charge in [0.1, 0.15) is 5.52 Å². The van der Waals surface area contributed by atoms with Crippen LogP contribution in [0.1, 0.15) is 0 Å². The van der Waals surface area contributed by atoms with Gasteiger partial charge in [0.15, 0.2) is 5.65 Å². The lowest BCUT2D eigenvalue weighted by Crippen LogP contribution is -1.96. The fraction of sp³-hybridized carbons (Fsp3) is 0. The average Bonchev–Trinajstić information content (AvgIpc) is 3.04. The van der Waals surface area contributed by atoms with Crippen molar-refractivity contribution in [3.63, 3.8) is 0 Å². The molecule has 0 atom stereocenters. The molecule has 3 nitrogen and oxygen atoms in total. The van der Waals surface area contributed by atoms with Gasteiger partial charge >= 0.3 is 0 Å². The molecule has 0 unspecified atom stereocenters. The standard InChI is InChI=1S/C24H15N3/c1-2-10-18(11-3-1)27-22-13-7-6-12-19(22)23-24(27)26-21-15-17-9-5-4-8-16(17)14-20(21)25-23/h1-15H. The first-order chi connectivity index (χ1) is 13.4. The van der Waals surface area contributed by atoms with Crippen molar-refractivity contribution >= 4 is 43.9 Å². The second kappa shape index (κ2) is 5.39. The summed E-state index contributed by atoms with van der Waals surface area (Å²) in [6.45, 7) is 0. The average molecular weight is 345 g/mol. The number of benzene rings is 4. The van der Waals surface area contributed by atoms with E-state index >= 15 is 0 Å². The zero-order chi connectivity index (χ0) is 17.8. The van der Waals surface area contributed by atoms with Gasteiger partial charge in [-0.25, -0.2) is 9.97 Å². The molecule has 3 heteroatoms. The van der Waals surface area contributed by atoms with E-state index in [2.05, 4.69) is 89.5 Å². The summed E-state index contributed by atoms with van der Waals surface area (Å²) < 4.78 is 2.20. The van der Waals surface area contributed by atoms with Crippen LogP contribution in [0.3, 0.4) is 0 Å². The molecule has 0 aliphatic heterocycles. The fourth-order valence-corrected chi connectivity index (χ4v) is 3.89. The van der Waals surface area contributed by atoms with Crippen molar-refractivity contribution in [3.05, 3.63) is 91.0 Å². The smallest absolute Gasteiger partial charge is 0.165 e. The van der Waals surface area contributed by atoms with Gasteiger partial charge in [-0.1, -0.05) is 60.7 Å². The molecule has 0 spiro atoms. The van der Waals surface area contributed by atoms with Crippen LogP contribution in [0.25, 0.3) is 49.6 Å². The van der Waals surface area contributed by atoms with E-state index in [1.807, 2.05) is 6.07 Å². The van der Waals surface area contributed by atoms with E-state index < -0.39 is 0 Å². The van der Waals surface area contributed by atoms with Crippen molar-refractivity contribution < 1.29 is 0 Å². The van der Waals surface area contributed by atoms with Crippen LogP contribution in [0.15, 0.2) is 91.0 Å². The van der Waals surface area contributed by atoms with Crippen molar-refractivity contribution in [1.29, 1.82) is 0 Å². The van der Waals surface area contributed by atoms with Crippen molar-refractivity contribution in [2.45, 2.75) is 0 Å². The molecule has 126 valence electrons. The predicted molar refractivity (Wildman–Crippen MR) is 111 cm³/mol. The van der Waals surface area contributed by atoms with Crippen molar-refractivity contribution in [2.75, 3.05) is 0 Å². The van der Waals surface area contributed by atoms with Crippen LogP contribution in [-0.4, -0.2) is 14.5 Å². The fourth-order valence-electron chi connectivity index (χ4n) is 3.89. The molecule has 0 saturated carbocycles. The molecule has 0 N–H and O–H groups in total. The van der Waals surface area contributed by atoms with Crippen LogP contribution in [0, 0.1) is 0 Å². The van der Waals surface area contributed by atoms with E-state index in [1.165, 1.54) is 10.8 Å². The number of fused-ring (bicyclic) bond motifs is 5. The van der Waals surface area contributed by atoms with E-state index in [-0.39, 0.29) is 0 Å². The maximum atomic E-state index is 5.04. The summed E-state index contributed by atoms with van der Waals surface area (Å²) in [6, 6.07) is 31.3. The van der Waals surface area contributed by atoms with Crippen molar-refractivity contribution in [1.82, 2.24) is 14.5 Å². The largest absolute Gasteiger partial charge is 0.293 e. The molecule has 0 aliphatic rings. The third kappa shape index (κ3) is 2.09. The number of hydrogen-bond acceptors (Lipinski definition) is 2. The Hall–Kier alpha value is -3.72. The number of nitrogens with zero attached hydrogens (tertiary/aromatic N) is 3. The lowest BCUT2D eigenvalue weighted by molar-refractivity contribution is 1.14. The zero-order valence-electron chi connectivity index (χ0n) is 14.5. The lowest BCUT2D eigenvalue weighted by atomic mass is 10.1. The molecule has 2 aromatic heterocycles. The van der Waals surface area contributed by atoms with Gasteiger partial charge in [-0.3, -0.25) is 4.57 Å². The number of rotatable bonds is 1. The maximum absolute atomic E-state index is 5.04. The lowest BCUT2D eigenvalue weighted by Gasteiger charge is -2.07. The number of hydrogen-bond donors (Lipinski definition) is 0. The Balaban J connectivity index is 1.82. The molecule has 0 saturated heterocycles. The number of para-hydroxylation sites is 2. The topological polar surface area (TPSA) is 30.7 Å². The third-order valence-electron chi connectivity index (χ3n) is 5.14. The summed E-state index contributed by atoms with van der Waals surface area (Å²) in [6.07, 6.45) is 0. The molecule has 0 bridgehead atoms. The second-order valence-corrected chi connectivity index (χ2v) is 6.77. The molecule has 0 amide bonds. The van der Waals surface area contributed by atoms with Crippen molar-refractivity contribution in [3.8, 4) is 5.69 Å². The monoisotopic (exact) mass is 345 g/mol. The Morgan fingerprint density at radius 2 is 1.22 bits per heavy atom. The summed E-state index contributed by atoms with van der Waals surface area (Å²) >= 11 is 0. The zero-order valence-corrected chi connectivity index (χ0v) is 14.5. The van der Waals surface area contributed by atoms with Crippen LogP contribution in [0.4, 0.5) is 0 Å². The minimum absolute atomic E-state index is 0.894. The summed E-state index contributed by atoms with van der Waals surface area (Å²) in [4.78, 5) is 10.1. The Morgan fingerprint density at radius 3 is 2.00 bits per heavy atom. The maximum Gasteiger partial charge on any atom is 0.165 e. The third-order valence-corrected chi connectivity index (χ3v) is 5.14. The van der Waals surface area contributed by atoms with Gasteiger partial charge in [0.05, 0.1) is 16.6 Å².